The average Bonchev–Trinajstić information content (AvgIpc) is 3.57. The number of aromatic nitrogens is 3. The smallest absolute Gasteiger partial charge is 0.335 e. The van der Waals surface area contributed by atoms with Crippen molar-refractivity contribution in [1.82, 2.24) is 20.3 Å². The second-order valence-electron chi connectivity index (χ2n) is 11.2. The molecule has 2 aliphatic rings. The minimum atomic E-state index is -1.86. The van der Waals surface area contributed by atoms with Crippen molar-refractivity contribution in [3.8, 4) is 11.3 Å². The summed E-state index contributed by atoms with van der Waals surface area (Å²) < 4.78 is 58.1. The van der Waals surface area contributed by atoms with Crippen LogP contribution in [0.1, 0.15) is 0 Å². The lowest BCUT2D eigenvalue weighted by Gasteiger charge is -2.45. The van der Waals surface area contributed by atoms with E-state index in [0.717, 1.165) is 7.11 Å². The minimum Gasteiger partial charge on any atom is -0.479 e. The molecule has 1 amide bonds. The van der Waals surface area contributed by atoms with Crippen LogP contribution >= 0.6 is 0 Å². The van der Waals surface area contributed by atoms with E-state index in [1.165, 1.54) is 13.2 Å². The number of amides is 1. The number of rotatable bonds is 19. The Morgan fingerprint density at radius 3 is 2.12 bits per heavy atom. The number of nitrogens with one attached hydrogen (secondary N) is 1. The van der Waals surface area contributed by atoms with Crippen molar-refractivity contribution in [1.29, 1.82) is 0 Å². The maximum atomic E-state index is 13.9. The number of hydrogen-bond acceptors (Lipinski definition) is 16. The predicted octanol–water partition coefficient (Wildman–Crippen LogP) is -2.73. The molecule has 1 aromatic carbocycles. The number of ether oxygens (including phenoxy) is 8. The van der Waals surface area contributed by atoms with E-state index in [1.54, 1.807) is 29.1 Å². The second-order valence-corrected chi connectivity index (χ2v) is 11.2. The summed E-state index contributed by atoms with van der Waals surface area (Å²) in [4.78, 5) is 24.7. The molecule has 280 valence electrons. The fraction of sp³-hybridized carbons (Fsp3) is 0.667. The van der Waals surface area contributed by atoms with Crippen LogP contribution in [-0.2, 0) is 54.0 Å². The van der Waals surface area contributed by atoms with Crippen molar-refractivity contribution < 1.29 is 77.4 Å². The van der Waals surface area contributed by atoms with Crippen molar-refractivity contribution in [2.24, 2.45) is 0 Å². The van der Waals surface area contributed by atoms with Crippen LogP contribution in [0.5, 0.6) is 0 Å². The molecule has 6 N–H and O–H groups in total. The van der Waals surface area contributed by atoms with Gasteiger partial charge in [0.15, 0.2) is 24.8 Å². The molecule has 0 radical (unpaired) electrons. The molecular weight excluding hydrogens is 675 g/mol. The highest BCUT2D eigenvalue weighted by molar-refractivity contribution is 5.81. The van der Waals surface area contributed by atoms with Crippen molar-refractivity contribution in [3.05, 3.63) is 36.3 Å². The highest BCUT2D eigenvalue weighted by Crippen LogP contribution is 2.30. The normalized spacial score (nSPS) is 29.9. The van der Waals surface area contributed by atoms with E-state index in [-0.39, 0.29) is 32.2 Å². The quantitative estimate of drug-likeness (QED) is 0.0807. The highest BCUT2D eigenvalue weighted by atomic mass is 19.1. The molecule has 20 heteroatoms. The number of nitrogens with zero attached hydrogens (tertiary/aromatic N) is 3. The molecule has 50 heavy (non-hydrogen) atoms. The number of carbonyl (C=O) groups excluding carboxylic acids is 1. The van der Waals surface area contributed by atoms with Crippen molar-refractivity contribution in [3.63, 3.8) is 0 Å². The predicted molar refractivity (Wildman–Crippen MR) is 163 cm³/mol. The molecule has 2 saturated heterocycles. The van der Waals surface area contributed by atoms with E-state index in [2.05, 4.69) is 15.6 Å². The number of aliphatic hydroxyl groups excluding tert-OH is 4. The standard InChI is InChI=1S/C30H43FN4O15/c1-43-23-19(36)22(39)30(48-24-20(37)21(38)29(44-2)50-26(24)28(41)42)49-25(23)27(40)32-7-9-45-11-13-47-14-12-46-10-8-35-15-18(33-34-35)16-5-3-4-6-17(16)31/h3-6,15,19-26,29-30,36-39H,7-14H2,1-2H3,(H,32,40)(H,41,42). The van der Waals surface area contributed by atoms with Crippen molar-refractivity contribution >= 4 is 11.9 Å². The summed E-state index contributed by atoms with van der Waals surface area (Å²) in [7, 11) is 2.32. The third-order valence-corrected chi connectivity index (χ3v) is 7.83. The van der Waals surface area contributed by atoms with Gasteiger partial charge in [0, 0.05) is 26.3 Å². The fourth-order valence-electron chi connectivity index (χ4n) is 5.21. The minimum absolute atomic E-state index is 0.0180. The fourth-order valence-corrected chi connectivity index (χ4v) is 5.21. The summed E-state index contributed by atoms with van der Waals surface area (Å²) in [5.74, 6) is -2.72. The van der Waals surface area contributed by atoms with Crippen LogP contribution in [0.25, 0.3) is 11.3 Å². The number of methoxy groups -OCH3 is 2. The van der Waals surface area contributed by atoms with Crippen LogP contribution in [-0.4, -0.2) is 174 Å². The largest absolute Gasteiger partial charge is 0.479 e. The first-order chi connectivity index (χ1) is 24.1. The Morgan fingerprint density at radius 1 is 0.840 bits per heavy atom. The van der Waals surface area contributed by atoms with Gasteiger partial charge in [-0.15, -0.1) is 5.10 Å². The van der Waals surface area contributed by atoms with Gasteiger partial charge in [0.2, 0.25) is 0 Å². The van der Waals surface area contributed by atoms with Crippen LogP contribution < -0.4 is 5.32 Å². The number of hydrogen-bond donors (Lipinski definition) is 6. The molecule has 0 saturated carbocycles. The zero-order chi connectivity index (χ0) is 36.2. The molecule has 0 bridgehead atoms. The molecule has 10 unspecified atom stereocenters. The van der Waals surface area contributed by atoms with Gasteiger partial charge in [-0.2, -0.15) is 0 Å². The lowest BCUT2D eigenvalue weighted by molar-refractivity contribution is -0.348. The Morgan fingerprint density at radius 2 is 1.46 bits per heavy atom. The third-order valence-electron chi connectivity index (χ3n) is 7.83. The summed E-state index contributed by atoms with van der Waals surface area (Å²) in [5, 5.41) is 62.0. The molecule has 2 aromatic rings. The maximum absolute atomic E-state index is 13.9. The zero-order valence-electron chi connectivity index (χ0n) is 27.4. The van der Waals surface area contributed by atoms with Gasteiger partial charge >= 0.3 is 5.97 Å². The van der Waals surface area contributed by atoms with E-state index in [9.17, 15) is 39.5 Å². The molecule has 3 heterocycles. The van der Waals surface area contributed by atoms with Gasteiger partial charge in [-0.3, -0.25) is 4.79 Å². The molecule has 1 aromatic heterocycles. The number of halogens is 1. The summed E-state index contributed by atoms with van der Waals surface area (Å²) in [6.45, 7) is 1.94. The second kappa shape index (κ2) is 19.4. The Bertz CT molecular complexity index is 1360. The van der Waals surface area contributed by atoms with E-state index in [1.807, 2.05) is 0 Å². The molecule has 10 atom stereocenters. The van der Waals surface area contributed by atoms with Gasteiger partial charge in [-0.05, 0) is 12.1 Å². The first-order valence-electron chi connectivity index (χ1n) is 15.7. The molecule has 19 nitrogen and oxygen atoms in total. The van der Waals surface area contributed by atoms with Gasteiger partial charge in [0.25, 0.3) is 5.91 Å². The van der Waals surface area contributed by atoms with Crippen LogP contribution in [0.3, 0.4) is 0 Å². The van der Waals surface area contributed by atoms with Gasteiger partial charge in [0.1, 0.15) is 48.1 Å². The summed E-state index contributed by atoms with van der Waals surface area (Å²) in [6, 6.07) is 6.30. The van der Waals surface area contributed by atoms with E-state index in [4.69, 9.17) is 37.9 Å². The van der Waals surface area contributed by atoms with E-state index in [0.29, 0.717) is 37.6 Å². The number of aliphatic carboxylic acids is 1. The van der Waals surface area contributed by atoms with Crippen LogP contribution in [0.4, 0.5) is 4.39 Å². The topological polar surface area (TPSA) is 252 Å². The number of aliphatic hydroxyl groups is 4. The van der Waals surface area contributed by atoms with Gasteiger partial charge in [-0.1, -0.05) is 17.3 Å². The summed E-state index contributed by atoms with van der Waals surface area (Å²) in [6.07, 6.45) is -15.4. The maximum Gasteiger partial charge on any atom is 0.335 e. The molecule has 0 aliphatic carbocycles. The SMILES string of the molecule is COC1OC(C(=O)O)C(OC2OC(C(=O)NCCOCCOCCOCCn3cc(-c4ccccc4F)nn3)C(OC)C(O)C2O)C(O)C1O. The third kappa shape index (κ3) is 10.2. The van der Waals surface area contributed by atoms with E-state index < -0.39 is 73.3 Å². The Kier molecular flexibility index (Phi) is 15.3. The number of carboxylic acids is 1. The van der Waals surface area contributed by atoms with Crippen LogP contribution in [0.15, 0.2) is 30.5 Å². The number of carboxylic acid groups (broad SMARTS) is 1. The average molecular weight is 719 g/mol. The lowest BCUT2D eigenvalue weighted by Crippen LogP contribution is -2.66. The Labute approximate surface area is 285 Å². The van der Waals surface area contributed by atoms with Crippen LogP contribution in [0.2, 0.25) is 0 Å². The number of benzene rings is 1. The molecule has 4 rings (SSSR count). The first kappa shape index (κ1) is 39.5. The van der Waals surface area contributed by atoms with Crippen molar-refractivity contribution in [2.75, 3.05) is 60.4 Å². The lowest BCUT2D eigenvalue weighted by atomic mass is 9.96. The summed E-state index contributed by atoms with van der Waals surface area (Å²) in [5.41, 5.74) is 0.795. The van der Waals surface area contributed by atoms with Gasteiger partial charge < -0.3 is 68.7 Å². The molecule has 0 spiro atoms. The summed E-state index contributed by atoms with van der Waals surface area (Å²) >= 11 is 0. The Balaban J connectivity index is 1.11. The van der Waals surface area contributed by atoms with Gasteiger partial charge in [-0.25, -0.2) is 13.9 Å². The molecular formula is C30H43FN4O15. The van der Waals surface area contributed by atoms with Crippen molar-refractivity contribution in [2.45, 2.75) is 68.0 Å². The van der Waals surface area contributed by atoms with Crippen LogP contribution in [0, 0.1) is 5.82 Å². The van der Waals surface area contributed by atoms with Gasteiger partial charge in [0.05, 0.1) is 52.4 Å². The number of carbonyl (C=O) groups is 2. The highest BCUT2D eigenvalue weighted by Gasteiger charge is 2.54. The monoisotopic (exact) mass is 718 g/mol. The first-order valence-corrected chi connectivity index (χ1v) is 15.7. The Hall–Kier alpha value is -3.25. The van der Waals surface area contributed by atoms with E-state index >= 15 is 0 Å². The zero-order valence-corrected chi connectivity index (χ0v) is 27.4. The molecule has 2 aliphatic heterocycles. The molecule has 2 fully saturated rings.